The summed E-state index contributed by atoms with van der Waals surface area (Å²) < 4.78 is 53.7. The molecule has 2 amide bonds. The van der Waals surface area contributed by atoms with Crippen molar-refractivity contribution in [2.24, 2.45) is 0 Å². The Morgan fingerprint density at radius 2 is 1.62 bits per heavy atom. The number of amides is 2. The molecule has 0 fully saturated rings. The predicted molar refractivity (Wildman–Crippen MR) is 160 cm³/mol. The predicted octanol–water partition coefficient (Wildman–Crippen LogP) is 4.68. The van der Waals surface area contributed by atoms with Crippen molar-refractivity contribution in [1.29, 1.82) is 0 Å². The maximum atomic E-state index is 14.2. The van der Waals surface area contributed by atoms with Gasteiger partial charge in [0, 0.05) is 19.2 Å². The second-order valence-corrected chi connectivity index (χ2v) is 11.6. The molecule has 0 aliphatic carbocycles. The number of nitrogens with zero attached hydrogens (tertiary/aromatic N) is 2. The zero-order chi connectivity index (χ0) is 30.9. The number of nitrogens with one attached hydrogen (secondary N) is 1. The number of sulfonamides is 1. The first-order valence-corrected chi connectivity index (χ1v) is 15.1. The lowest BCUT2D eigenvalue weighted by atomic mass is 10.1. The van der Waals surface area contributed by atoms with Crippen LogP contribution in [0.4, 0.5) is 10.1 Å². The van der Waals surface area contributed by atoms with Gasteiger partial charge in [-0.3, -0.25) is 13.9 Å². The molecule has 0 unspecified atom stereocenters. The Hall–Kier alpha value is -4.12. The van der Waals surface area contributed by atoms with Crippen LogP contribution in [0.3, 0.4) is 0 Å². The highest BCUT2D eigenvalue weighted by atomic mass is 32.2. The van der Waals surface area contributed by atoms with Gasteiger partial charge in [-0.05, 0) is 61.7 Å². The molecule has 3 aromatic rings. The molecule has 1 N–H and O–H groups in total. The molecule has 226 valence electrons. The lowest BCUT2D eigenvalue weighted by Crippen LogP contribution is -2.52. The molecule has 0 aliphatic heterocycles. The smallest absolute Gasteiger partial charge is 0.264 e. The summed E-state index contributed by atoms with van der Waals surface area (Å²) in [5, 5.41) is 2.83. The minimum absolute atomic E-state index is 0.0245. The van der Waals surface area contributed by atoms with Crippen LogP contribution in [0.5, 0.6) is 11.5 Å². The van der Waals surface area contributed by atoms with Gasteiger partial charge >= 0.3 is 0 Å². The highest BCUT2D eigenvalue weighted by Crippen LogP contribution is 2.36. The van der Waals surface area contributed by atoms with Crippen molar-refractivity contribution in [3.05, 3.63) is 83.7 Å². The zero-order valence-electron chi connectivity index (χ0n) is 24.6. The van der Waals surface area contributed by atoms with E-state index >= 15 is 0 Å². The Kier molecular flexibility index (Phi) is 11.3. The minimum Gasteiger partial charge on any atom is -0.497 e. The SMILES string of the molecule is CCCNC(=O)[C@@H](CC)N(Cc1ccc(F)cc1)C(=O)CN(c1cc(OC)ccc1OC)S(=O)(=O)c1ccc(C)cc1. The van der Waals surface area contributed by atoms with Gasteiger partial charge in [0.25, 0.3) is 10.0 Å². The van der Waals surface area contributed by atoms with Crippen LogP contribution in [0.2, 0.25) is 0 Å². The van der Waals surface area contributed by atoms with Gasteiger partial charge in [0.1, 0.15) is 29.9 Å². The highest BCUT2D eigenvalue weighted by Gasteiger charge is 2.35. The summed E-state index contributed by atoms with van der Waals surface area (Å²) in [4.78, 5) is 28.6. The van der Waals surface area contributed by atoms with E-state index < -0.39 is 34.3 Å². The van der Waals surface area contributed by atoms with E-state index in [1.54, 1.807) is 31.2 Å². The van der Waals surface area contributed by atoms with E-state index in [0.717, 1.165) is 9.87 Å². The second-order valence-electron chi connectivity index (χ2n) is 9.73. The molecule has 3 aromatic carbocycles. The van der Waals surface area contributed by atoms with Crippen molar-refractivity contribution < 1.29 is 31.9 Å². The van der Waals surface area contributed by atoms with Crippen molar-refractivity contribution in [2.45, 2.75) is 51.1 Å². The van der Waals surface area contributed by atoms with Crippen LogP contribution in [-0.4, -0.2) is 58.5 Å². The summed E-state index contributed by atoms with van der Waals surface area (Å²) in [7, 11) is -1.46. The molecule has 1 atom stereocenters. The summed E-state index contributed by atoms with van der Waals surface area (Å²) in [5.41, 5.74) is 1.54. The third-order valence-electron chi connectivity index (χ3n) is 6.74. The van der Waals surface area contributed by atoms with Gasteiger partial charge in [-0.1, -0.05) is 43.7 Å². The lowest BCUT2D eigenvalue weighted by Gasteiger charge is -2.33. The van der Waals surface area contributed by atoms with Gasteiger partial charge in [0.05, 0.1) is 24.8 Å². The van der Waals surface area contributed by atoms with Gasteiger partial charge in [-0.25, -0.2) is 12.8 Å². The summed E-state index contributed by atoms with van der Waals surface area (Å²) in [6.45, 7) is 5.27. The molecule has 9 nitrogen and oxygen atoms in total. The van der Waals surface area contributed by atoms with Crippen LogP contribution >= 0.6 is 0 Å². The summed E-state index contributed by atoms with van der Waals surface area (Å²) in [6, 6.07) is 15.6. The van der Waals surface area contributed by atoms with E-state index in [2.05, 4.69) is 5.32 Å². The number of benzene rings is 3. The van der Waals surface area contributed by atoms with Crippen molar-refractivity contribution in [3.8, 4) is 11.5 Å². The van der Waals surface area contributed by atoms with E-state index in [1.165, 1.54) is 61.6 Å². The second kappa shape index (κ2) is 14.7. The molecule has 42 heavy (non-hydrogen) atoms. The Balaban J connectivity index is 2.13. The van der Waals surface area contributed by atoms with Gasteiger partial charge in [-0.2, -0.15) is 0 Å². The number of hydrogen-bond donors (Lipinski definition) is 1. The molecule has 0 radical (unpaired) electrons. The van der Waals surface area contributed by atoms with E-state index in [0.29, 0.717) is 24.3 Å². The molecule has 0 aromatic heterocycles. The summed E-state index contributed by atoms with van der Waals surface area (Å²) in [5.74, 6) is -0.863. The number of aryl methyl sites for hydroxylation is 1. The molecule has 0 bridgehead atoms. The zero-order valence-corrected chi connectivity index (χ0v) is 25.4. The molecule has 11 heteroatoms. The van der Waals surface area contributed by atoms with Gasteiger partial charge in [0.15, 0.2) is 0 Å². The molecular weight excluding hydrogens is 561 g/mol. The van der Waals surface area contributed by atoms with Crippen LogP contribution in [0.15, 0.2) is 71.6 Å². The molecule has 0 saturated carbocycles. The summed E-state index contributed by atoms with van der Waals surface area (Å²) >= 11 is 0. The Bertz CT molecular complexity index is 1460. The van der Waals surface area contributed by atoms with Crippen LogP contribution in [0.25, 0.3) is 0 Å². The van der Waals surface area contributed by atoms with Crippen molar-refractivity contribution in [2.75, 3.05) is 31.6 Å². The molecule has 0 saturated heterocycles. The number of anilines is 1. The lowest BCUT2D eigenvalue weighted by molar-refractivity contribution is -0.140. The first kappa shape index (κ1) is 32.4. The average molecular weight is 600 g/mol. The van der Waals surface area contributed by atoms with Crippen LogP contribution in [-0.2, 0) is 26.2 Å². The van der Waals surface area contributed by atoms with Crippen LogP contribution in [0, 0.1) is 12.7 Å². The number of hydrogen-bond acceptors (Lipinski definition) is 6. The van der Waals surface area contributed by atoms with Gasteiger partial charge in [0.2, 0.25) is 11.8 Å². The number of carbonyl (C=O) groups is 2. The van der Waals surface area contributed by atoms with Gasteiger partial charge < -0.3 is 19.7 Å². The van der Waals surface area contributed by atoms with Crippen molar-refractivity contribution in [1.82, 2.24) is 10.2 Å². The Morgan fingerprint density at radius 3 is 2.19 bits per heavy atom. The molecule has 0 spiro atoms. The van der Waals surface area contributed by atoms with E-state index in [1.807, 2.05) is 13.8 Å². The van der Waals surface area contributed by atoms with Crippen LogP contribution < -0.4 is 19.1 Å². The van der Waals surface area contributed by atoms with Crippen LogP contribution in [0.1, 0.15) is 37.8 Å². The van der Waals surface area contributed by atoms with E-state index in [4.69, 9.17) is 9.47 Å². The normalized spacial score (nSPS) is 11.9. The topological polar surface area (TPSA) is 105 Å². The number of halogens is 1. The first-order valence-electron chi connectivity index (χ1n) is 13.7. The monoisotopic (exact) mass is 599 g/mol. The molecule has 3 rings (SSSR count). The molecule has 0 heterocycles. The number of ether oxygens (including phenoxy) is 2. The Labute approximate surface area is 247 Å². The maximum Gasteiger partial charge on any atom is 0.264 e. The Morgan fingerprint density at radius 1 is 0.952 bits per heavy atom. The molecule has 0 aliphatic rings. The third-order valence-corrected chi connectivity index (χ3v) is 8.52. The van der Waals surface area contributed by atoms with Crippen molar-refractivity contribution in [3.63, 3.8) is 0 Å². The quantitative estimate of drug-likeness (QED) is 0.289. The maximum absolute atomic E-state index is 14.2. The minimum atomic E-state index is -4.30. The van der Waals surface area contributed by atoms with E-state index in [-0.39, 0.29) is 35.2 Å². The fraction of sp³-hybridized carbons (Fsp3) is 0.355. The van der Waals surface area contributed by atoms with Gasteiger partial charge in [-0.15, -0.1) is 0 Å². The highest BCUT2D eigenvalue weighted by molar-refractivity contribution is 7.92. The van der Waals surface area contributed by atoms with E-state index in [9.17, 15) is 22.4 Å². The first-order chi connectivity index (χ1) is 20.0. The average Bonchev–Trinajstić information content (AvgIpc) is 2.99. The number of rotatable bonds is 14. The van der Waals surface area contributed by atoms with Crippen molar-refractivity contribution >= 4 is 27.5 Å². The summed E-state index contributed by atoms with van der Waals surface area (Å²) in [6.07, 6.45) is 0.974. The fourth-order valence-corrected chi connectivity index (χ4v) is 5.83. The largest absolute Gasteiger partial charge is 0.497 e. The fourth-order valence-electron chi connectivity index (χ4n) is 4.41. The standard InChI is InChI=1S/C31H38FN3O6S/c1-6-18-33-31(37)27(7-2)34(20-23-10-12-24(32)13-11-23)30(36)21-35(28-19-25(40-4)14-17-29(28)41-5)42(38,39)26-15-8-22(3)9-16-26/h8-17,19,27H,6-7,18,20-21H2,1-5H3,(H,33,37)/t27-/m1/s1. The molecular formula is C31H38FN3O6S. The third kappa shape index (κ3) is 7.79. The number of carbonyl (C=O) groups excluding carboxylic acids is 2. The number of methoxy groups -OCH3 is 2.